The third-order valence-electron chi connectivity index (χ3n) is 1.59. The van der Waals surface area contributed by atoms with E-state index in [1.165, 1.54) is 6.08 Å². The molecule has 3 N–H and O–H groups in total. The molecule has 0 saturated heterocycles. The van der Waals surface area contributed by atoms with E-state index in [4.69, 9.17) is 15.3 Å². The first-order valence-electron chi connectivity index (χ1n) is 4.81. The van der Waals surface area contributed by atoms with Crippen LogP contribution in [-0.2, 0) is 4.79 Å². The maximum atomic E-state index is 9.89. The van der Waals surface area contributed by atoms with Gasteiger partial charge in [-0.05, 0) is 11.6 Å². The van der Waals surface area contributed by atoms with Gasteiger partial charge < -0.3 is 15.3 Å². The Morgan fingerprint density at radius 1 is 1.12 bits per heavy atom. The highest BCUT2D eigenvalue weighted by atomic mass is 16.3. The number of aliphatic hydroxyl groups excluding tert-OH is 3. The molecule has 0 heterocycles. The van der Waals surface area contributed by atoms with Crippen molar-refractivity contribution in [1.29, 1.82) is 0 Å². The molecule has 0 aliphatic carbocycles. The third-order valence-corrected chi connectivity index (χ3v) is 1.59. The molecule has 4 nitrogen and oxygen atoms in total. The van der Waals surface area contributed by atoms with Gasteiger partial charge >= 0.3 is 0 Å². The Labute approximate surface area is 94.5 Å². The summed E-state index contributed by atoms with van der Waals surface area (Å²) in [6.07, 6.45) is 3.07. The second-order valence-corrected chi connectivity index (χ2v) is 2.92. The van der Waals surface area contributed by atoms with Crippen LogP contribution in [0.4, 0.5) is 0 Å². The van der Waals surface area contributed by atoms with Crippen LogP contribution in [0.2, 0.25) is 0 Å². The molecule has 0 spiro atoms. The number of allylic oxidation sites excluding steroid dienone is 1. The summed E-state index contributed by atoms with van der Waals surface area (Å²) < 4.78 is 0. The Kier molecular flexibility index (Phi) is 9.11. The molecule has 0 bridgehead atoms. The molecule has 0 amide bonds. The van der Waals surface area contributed by atoms with Crippen LogP contribution in [0.15, 0.2) is 36.4 Å². The first-order valence-corrected chi connectivity index (χ1v) is 4.81. The van der Waals surface area contributed by atoms with Crippen molar-refractivity contribution >= 4 is 12.4 Å². The molecule has 0 saturated carbocycles. The van der Waals surface area contributed by atoms with Gasteiger partial charge in [0.1, 0.15) is 12.4 Å². The number of aldehydes is 1. The molecule has 0 aliphatic rings. The lowest BCUT2D eigenvalue weighted by molar-refractivity contribution is -0.104. The molecular weight excluding hydrogens is 208 g/mol. The monoisotopic (exact) mass is 224 g/mol. The van der Waals surface area contributed by atoms with E-state index in [0.717, 1.165) is 11.8 Å². The van der Waals surface area contributed by atoms with Crippen molar-refractivity contribution in [1.82, 2.24) is 0 Å². The molecule has 1 aromatic carbocycles. The summed E-state index contributed by atoms with van der Waals surface area (Å²) >= 11 is 0. The SMILES string of the molecule is O=C/C=C/c1ccccc1.OCC(O)CO. The summed E-state index contributed by atoms with van der Waals surface area (Å²) in [5, 5.41) is 24.0. The number of rotatable bonds is 4. The largest absolute Gasteiger partial charge is 0.394 e. The van der Waals surface area contributed by atoms with Crippen molar-refractivity contribution in [2.24, 2.45) is 0 Å². The van der Waals surface area contributed by atoms with Crippen molar-refractivity contribution in [2.75, 3.05) is 13.2 Å². The van der Waals surface area contributed by atoms with Gasteiger partial charge in [0.15, 0.2) is 0 Å². The fraction of sp³-hybridized carbons (Fsp3) is 0.250. The molecule has 1 rings (SSSR count). The molecule has 16 heavy (non-hydrogen) atoms. The van der Waals surface area contributed by atoms with E-state index in [2.05, 4.69) is 0 Å². The highest BCUT2D eigenvalue weighted by molar-refractivity contribution is 5.73. The quantitative estimate of drug-likeness (QED) is 0.505. The zero-order valence-corrected chi connectivity index (χ0v) is 8.86. The van der Waals surface area contributed by atoms with Gasteiger partial charge in [-0.1, -0.05) is 36.4 Å². The standard InChI is InChI=1S/C9H8O.C3H8O3/c10-8-4-7-9-5-2-1-3-6-9;4-1-3(6)2-5/h1-8H;3-6H,1-2H2/b7-4+;. The lowest BCUT2D eigenvalue weighted by atomic mass is 10.2. The van der Waals surface area contributed by atoms with Gasteiger partial charge in [-0.3, -0.25) is 4.79 Å². The van der Waals surface area contributed by atoms with Gasteiger partial charge in [-0.15, -0.1) is 0 Å². The molecule has 88 valence electrons. The fourth-order valence-corrected chi connectivity index (χ4v) is 0.772. The smallest absolute Gasteiger partial charge is 0.142 e. The predicted molar refractivity (Wildman–Crippen MR) is 61.7 cm³/mol. The Bertz CT molecular complexity index is 291. The van der Waals surface area contributed by atoms with Crippen LogP contribution >= 0.6 is 0 Å². The van der Waals surface area contributed by atoms with E-state index in [1.807, 2.05) is 30.3 Å². The minimum absolute atomic E-state index is 0.365. The Balaban J connectivity index is 0.000000325. The maximum Gasteiger partial charge on any atom is 0.142 e. The first kappa shape index (κ1) is 14.5. The first-order chi connectivity index (χ1) is 7.74. The number of aliphatic hydroxyl groups is 3. The molecule has 4 heteroatoms. The minimum atomic E-state index is -0.954. The zero-order valence-electron chi connectivity index (χ0n) is 8.86. The average Bonchev–Trinajstić information content (AvgIpc) is 2.37. The van der Waals surface area contributed by atoms with Crippen molar-refractivity contribution in [2.45, 2.75) is 6.10 Å². The molecule has 0 fully saturated rings. The minimum Gasteiger partial charge on any atom is -0.394 e. The maximum absolute atomic E-state index is 9.89. The van der Waals surface area contributed by atoms with Gasteiger partial charge in [0.05, 0.1) is 13.2 Å². The molecule has 0 unspecified atom stereocenters. The zero-order chi connectivity index (χ0) is 12.2. The molecule has 0 radical (unpaired) electrons. The fourth-order valence-electron chi connectivity index (χ4n) is 0.772. The molecule has 1 aromatic rings. The number of carbonyl (C=O) groups is 1. The van der Waals surface area contributed by atoms with Crippen LogP contribution in [0.25, 0.3) is 6.08 Å². The molecule has 0 atom stereocenters. The normalized spacial score (nSPS) is 10.0. The van der Waals surface area contributed by atoms with E-state index in [1.54, 1.807) is 6.08 Å². The highest BCUT2D eigenvalue weighted by Gasteiger charge is 1.93. The Morgan fingerprint density at radius 2 is 1.69 bits per heavy atom. The summed E-state index contributed by atoms with van der Waals surface area (Å²) in [4.78, 5) is 9.89. The van der Waals surface area contributed by atoms with Crippen LogP contribution in [-0.4, -0.2) is 40.9 Å². The summed E-state index contributed by atoms with van der Waals surface area (Å²) in [5.74, 6) is 0. The molecule has 0 aromatic heterocycles. The predicted octanol–water partition coefficient (Wildman–Crippen LogP) is 0.231. The van der Waals surface area contributed by atoms with E-state index < -0.39 is 6.10 Å². The third kappa shape index (κ3) is 7.87. The van der Waals surface area contributed by atoms with E-state index in [-0.39, 0.29) is 13.2 Å². The van der Waals surface area contributed by atoms with E-state index in [9.17, 15) is 4.79 Å². The van der Waals surface area contributed by atoms with Crippen LogP contribution in [0.5, 0.6) is 0 Å². The summed E-state index contributed by atoms with van der Waals surface area (Å²) in [5.41, 5.74) is 1.05. The lowest BCUT2D eigenvalue weighted by Gasteiger charge is -1.96. The summed E-state index contributed by atoms with van der Waals surface area (Å²) in [6, 6.07) is 9.70. The summed E-state index contributed by atoms with van der Waals surface area (Å²) in [6.45, 7) is -0.729. The van der Waals surface area contributed by atoms with Crippen molar-refractivity contribution in [3.05, 3.63) is 42.0 Å². The van der Waals surface area contributed by atoms with Crippen LogP contribution in [0, 0.1) is 0 Å². The van der Waals surface area contributed by atoms with Gasteiger partial charge in [-0.25, -0.2) is 0 Å². The van der Waals surface area contributed by atoms with Crippen LogP contribution in [0.1, 0.15) is 5.56 Å². The second kappa shape index (κ2) is 10.0. The number of hydrogen-bond donors (Lipinski definition) is 3. The Hall–Kier alpha value is -1.49. The van der Waals surface area contributed by atoms with Gasteiger partial charge in [0, 0.05) is 0 Å². The van der Waals surface area contributed by atoms with E-state index >= 15 is 0 Å². The van der Waals surface area contributed by atoms with Gasteiger partial charge in [0.2, 0.25) is 0 Å². The Morgan fingerprint density at radius 3 is 2.06 bits per heavy atom. The summed E-state index contributed by atoms with van der Waals surface area (Å²) in [7, 11) is 0. The van der Waals surface area contributed by atoms with Gasteiger partial charge in [-0.2, -0.15) is 0 Å². The van der Waals surface area contributed by atoms with Crippen molar-refractivity contribution in [3.8, 4) is 0 Å². The van der Waals surface area contributed by atoms with Crippen molar-refractivity contribution in [3.63, 3.8) is 0 Å². The molecular formula is C12H16O4. The second-order valence-electron chi connectivity index (χ2n) is 2.92. The average molecular weight is 224 g/mol. The van der Waals surface area contributed by atoms with Gasteiger partial charge in [0.25, 0.3) is 0 Å². The highest BCUT2D eigenvalue weighted by Crippen LogP contribution is 1.99. The number of carbonyl (C=O) groups excluding carboxylic acids is 1. The molecule has 0 aliphatic heterocycles. The van der Waals surface area contributed by atoms with Crippen molar-refractivity contribution < 1.29 is 20.1 Å². The number of hydrogen-bond acceptors (Lipinski definition) is 4. The van der Waals surface area contributed by atoms with Crippen LogP contribution in [0.3, 0.4) is 0 Å². The van der Waals surface area contributed by atoms with E-state index in [0.29, 0.717) is 0 Å². The number of benzene rings is 1. The van der Waals surface area contributed by atoms with Crippen LogP contribution < -0.4 is 0 Å². The topological polar surface area (TPSA) is 77.8 Å². The lowest BCUT2D eigenvalue weighted by Crippen LogP contribution is -2.15.